The standard InChI is InChI=1S/C19H21ClF2N4O2/c1-11-2-5-16(18(27)24-7-6-13(21)10-24)26-17(11)23-25(19(26)28)9-12-3-4-15(22)14(20)8-12/h3-4,8,11,13,16H,2,5-7,9-10H2,1H3/t11-,13+,16-/m1/s1. The highest BCUT2D eigenvalue weighted by atomic mass is 35.5. The smallest absolute Gasteiger partial charge is 0.338 e. The Morgan fingerprint density at radius 3 is 2.79 bits per heavy atom. The predicted octanol–water partition coefficient (Wildman–Crippen LogP) is 2.89. The van der Waals surface area contributed by atoms with Gasteiger partial charge in [0, 0.05) is 12.5 Å². The number of aromatic nitrogens is 3. The quantitative estimate of drug-likeness (QED) is 0.781. The summed E-state index contributed by atoms with van der Waals surface area (Å²) in [4.78, 5) is 27.4. The summed E-state index contributed by atoms with van der Waals surface area (Å²) in [5.41, 5.74) is 0.246. The Labute approximate surface area is 165 Å². The SMILES string of the molecule is C[C@@H]1CC[C@H](C(=O)N2CC[C@H](F)C2)n2c1nn(Cc1ccc(F)c(Cl)c1)c2=O. The molecule has 6 nitrogen and oxygen atoms in total. The average molecular weight is 411 g/mol. The highest BCUT2D eigenvalue weighted by molar-refractivity contribution is 6.30. The summed E-state index contributed by atoms with van der Waals surface area (Å²) in [6, 6.07) is 3.59. The zero-order valence-corrected chi connectivity index (χ0v) is 16.2. The summed E-state index contributed by atoms with van der Waals surface area (Å²) in [5.74, 6) is -0.168. The number of likely N-dealkylation sites (tertiary alicyclic amines) is 1. The van der Waals surface area contributed by atoms with E-state index >= 15 is 0 Å². The summed E-state index contributed by atoms with van der Waals surface area (Å²) < 4.78 is 29.6. The second-order valence-electron chi connectivity index (χ2n) is 7.58. The first-order valence-electron chi connectivity index (χ1n) is 9.41. The molecule has 1 fully saturated rings. The normalized spacial score (nSPS) is 24.4. The molecule has 0 radical (unpaired) electrons. The molecule has 4 rings (SSSR count). The van der Waals surface area contributed by atoms with Crippen LogP contribution in [0.2, 0.25) is 5.02 Å². The van der Waals surface area contributed by atoms with Crippen molar-refractivity contribution < 1.29 is 13.6 Å². The molecule has 0 N–H and O–H groups in total. The van der Waals surface area contributed by atoms with Gasteiger partial charge in [-0.1, -0.05) is 24.6 Å². The van der Waals surface area contributed by atoms with Crippen LogP contribution in [0.15, 0.2) is 23.0 Å². The van der Waals surface area contributed by atoms with Crippen molar-refractivity contribution in [2.75, 3.05) is 13.1 Å². The second-order valence-corrected chi connectivity index (χ2v) is 7.99. The Balaban J connectivity index is 1.66. The third-order valence-corrected chi connectivity index (χ3v) is 5.86. The molecule has 2 aliphatic heterocycles. The van der Waals surface area contributed by atoms with E-state index in [0.717, 1.165) is 6.42 Å². The van der Waals surface area contributed by atoms with Crippen molar-refractivity contribution in [3.63, 3.8) is 0 Å². The number of halogens is 3. The van der Waals surface area contributed by atoms with Crippen LogP contribution in [-0.2, 0) is 11.3 Å². The Morgan fingerprint density at radius 1 is 1.32 bits per heavy atom. The third kappa shape index (κ3) is 3.34. The van der Waals surface area contributed by atoms with E-state index in [1.54, 1.807) is 6.07 Å². The molecule has 0 spiro atoms. The number of carbonyl (C=O) groups is 1. The molecule has 9 heteroatoms. The lowest BCUT2D eigenvalue weighted by Crippen LogP contribution is -2.42. The minimum Gasteiger partial charge on any atom is -0.338 e. The lowest BCUT2D eigenvalue weighted by molar-refractivity contribution is -0.134. The number of carbonyl (C=O) groups excluding carboxylic acids is 1. The number of fused-ring (bicyclic) bond motifs is 1. The van der Waals surface area contributed by atoms with Gasteiger partial charge in [0.25, 0.3) is 0 Å². The third-order valence-electron chi connectivity index (χ3n) is 5.57. The molecule has 1 aromatic carbocycles. The van der Waals surface area contributed by atoms with Gasteiger partial charge in [0.2, 0.25) is 5.91 Å². The summed E-state index contributed by atoms with van der Waals surface area (Å²) in [7, 11) is 0. The van der Waals surface area contributed by atoms with Gasteiger partial charge >= 0.3 is 5.69 Å². The van der Waals surface area contributed by atoms with Gasteiger partial charge in [0.15, 0.2) is 0 Å². The van der Waals surface area contributed by atoms with Gasteiger partial charge < -0.3 is 4.90 Å². The maximum atomic E-state index is 13.5. The van der Waals surface area contributed by atoms with Crippen molar-refractivity contribution in [2.45, 2.75) is 50.9 Å². The van der Waals surface area contributed by atoms with Crippen molar-refractivity contribution in [3.8, 4) is 0 Å². The molecule has 1 aromatic heterocycles. The summed E-state index contributed by atoms with van der Waals surface area (Å²) in [5, 5.41) is 4.42. The molecule has 1 saturated heterocycles. The molecule has 3 atom stereocenters. The van der Waals surface area contributed by atoms with Crippen LogP contribution in [0.5, 0.6) is 0 Å². The van der Waals surface area contributed by atoms with Gasteiger partial charge in [-0.05, 0) is 37.0 Å². The molecular formula is C19H21ClF2N4O2. The zero-order valence-electron chi connectivity index (χ0n) is 15.4. The van der Waals surface area contributed by atoms with Gasteiger partial charge in [-0.3, -0.25) is 9.36 Å². The minimum atomic E-state index is -1.01. The second kappa shape index (κ2) is 7.31. The van der Waals surface area contributed by atoms with Crippen molar-refractivity contribution in [2.24, 2.45) is 0 Å². The molecule has 0 unspecified atom stereocenters. The number of rotatable bonds is 3. The first-order valence-corrected chi connectivity index (χ1v) is 9.79. The molecule has 150 valence electrons. The predicted molar refractivity (Wildman–Crippen MR) is 99.8 cm³/mol. The van der Waals surface area contributed by atoms with Crippen molar-refractivity contribution >= 4 is 17.5 Å². The fourth-order valence-electron chi connectivity index (χ4n) is 4.01. The van der Waals surface area contributed by atoms with Crippen LogP contribution in [0.3, 0.4) is 0 Å². The first kappa shape index (κ1) is 19.1. The van der Waals surface area contributed by atoms with Crippen LogP contribution < -0.4 is 5.69 Å². The van der Waals surface area contributed by atoms with Crippen LogP contribution in [0.1, 0.15) is 49.5 Å². The molecule has 2 aliphatic rings. The molecule has 0 saturated carbocycles. The van der Waals surface area contributed by atoms with Crippen molar-refractivity contribution in [1.82, 2.24) is 19.2 Å². The summed E-state index contributed by atoms with van der Waals surface area (Å²) in [6.07, 6.45) is 0.575. The zero-order chi connectivity index (χ0) is 20.0. The summed E-state index contributed by atoms with van der Waals surface area (Å²) in [6.45, 7) is 2.55. The van der Waals surface area contributed by atoms with Crippen molar-refractivity contribution in [3.05, 3.63) is 50.9 Å². The number of hydrogen-bond donors (Lipinski definition) is 0. The molecular weight excluding hydrogens is 390 g/mol. The van der Waals surface area contributed by atoms with E-state index < -0.39 is 23.7 Å². The van der Waals surface area contributed by atoms with E-state index in [1.165, 1.54) is 26.3 Å². The molecule has 3 heterocycles. The fraction of sp³-hybridized carbons (Fsp3) is 0.526. The largest absolute Gasteiger partial charge is 0.347 e. The lowest BCUT2D eigenvalue weighted by atomic mass is 9.95. The number of hydrogen-bond acceptors (Lipinski definition) is 3. The molecule has 2 aromatic rings. The molecule has 0 aliphatic carbocycles. The highest BCUT2D eigenvalue weighted by Gasteiger charge is 2.38. The highest BCUT2D eigenvalue weighted by Crippen LogP contribution is 2.32. The Kier molecular flexibility index (Phi) is 4.99. The topological polar surface area (TPSA) is 60.1 Å². The summed E-state index contributed by atoms with van der Waals surface area (Å²) >= 11 is 5.82. The molecule has 1 amide bonds. The van der Waals surface area contributed by atoms with E-state index in [0.29, 0.717) is 30.8 Å². The monoisotopic (exact) mass is 410 g/mol. The first-order chi connectivity index (χ1) is 13.3. The maximum Gasteiger partial charge on any atom is 0.347 e. The van der Waals surface area contributed by atoms with Gasteiger partial charge in [-0.2, -0.15) is 5.10 Å². The van der Waals surface area contributed by atoms with Crippen molar-refractivity contribution in [1.29, 1.82) is 0 Å². The van der Waals surface area contributed by atoms with Crippen LogP contribution >= 0.6 is 11.6 Å². The fourth-order valence-corrected chi connectivity index (χ4v) is 4.21. The van der Waals surface area contributed by atoms with Crippen LogP contribution in [0, 0.1) is 5.82 Å². The van der Waals surface area contributed by atoms with Crippen LogP contribution in [0.4, 0.5) is 8.78 Å². The van der Waals surface area contributed by atoms with Gasteiger partial charge in [-0.25, -0.2) is 18.3 Å². The Hall–Kier alpha value is -2.22. The number of amides is 1. The van der Waals surface area contributed by atoms with Gasteiger partial charge in [0.05, 0.1) is 18.1 Å². The number of nitrogens with zero attached hydrogens (tertiary/aromatic N) is 4. The molecule has 0 bridgehead atoms. The average Bonchev–Trinajstić information content (AvgIpc) is 3.23. The van der Waals surface area contributed by atoms with Crippen LogP contribution in [-0.4, -0.2) is 44.4 Å². The van der Waals surface area contributed by atoms with E-state index in [4.69, 9.17) is 11.6 Å². The Morgan fingerprint density at radius 2 is 2.11 bits per heavy atom. The number of benzene rings is 1. The van der Waals surface area contributed by atoms with E-state index in [1.807, 2.05) is 6.92 Å². The van der Waals surface area contributed by atoms with E-state index in [-0.39, 0.29) is 29.9 Å². The van der Waals surface area contributed by atoms with E-state index in [2.05, 4.69) is 5.10 Å². The van der Waals surface area contributed by atoms with Gasteiger partial charge in [0.1, 0.15) is 23.9 Å². The van der Waals surface area contributed by atoms with Crippen LogP contribution in [0.25, 0.3) is 0 Å². The lowest BCUT2D eigenvalue weighted by Gasteiger charge is -2.29. The number of alkyl halides is 1. The Bertz CT molecular complexity index is 973. The van der Waals surface area contributed by atoms with E-state index in [9.17, 15) is 18.4 Å². The minimum absolute atomic E-state index is 0.0225. The maximum absolute atomic E-state index is 13.5. The molecule has 28 heavy (non-hydrogen) atoms. The van der Waals surface area contributed by atoms with Gasteiger partial charge in [-0.15, -0.1) is 0 Å².